The van der Waals surface area contributed by atoms with E-state index < -0.39 is 6.10 Å². The Hall–Kier alpha value is -3.41. The fourth-order valence-corrected chi connectivity index (χ4v) is 10.1. The van der Waals surface area contributed by atoms with Crippen LogP contribution in [0, 0.1) is 0 Å². The first-order chi connectivity index (χ1) is 40.0. The van der Waals surface area contributed by atoms with Gasteiger partial charge in [-0.05, 0) is 109 Å². The number of carbonyl (C=O) groups is 3. The van der Waals surface area contributed by atoms with Gasteiger partial charge in [-0.2, -0.15) is 0 Å². The van der Waals surface area contributed by atoms with Gasteiger partial charge in [-0.3, -0.25) is 14.4 Å². The van der Waals surface area contributed by atoms with Crippen molar-refractivity contribution >= 4 is 17.9 Å². The van der Waals surface area contributed by atoms with Crippen LogP contribution in [-0.2, 0) is 28.6 Å². The van der Waals surface area contributed by atoms with E-state index in [1.54, 1.807) is 0 Å². The molecule has 0 fully saturated rings. The number of rotatable bonds is 64. The van der Waals surface area contributed by atoms with Crippen LogP contribution in [0.4, 0.5) is 0 Å². The Morgan fingerprint density at radius 3 is 0.815 bits per heavy atom. The van der Waals surface area contributed by atoms with E-state index in [9.17, 15) is 14.4 Å². The molecule has 0 aromatic rings. The van der Waals surface area contributed by atoms with Crippen LogP contribution >= 0.6 is 0 Å². The van der Waals surface area contributed by atoms with E-state index in [2.05, 4.69) is 106 Å². The molecule has 1 atom stereocenters. The van der Waals surface area contributed by atoms with Gasteiger partial charge in [0.1, 0.15) is 13.2 Å². The highest BCUT2D eigenvalue weighted by Crippen LogP contribution is 2.17. The summed E-state index contributed by atoms with van der Waals surface area (Å²) in [4.78, 5) is 38.4. The van der Waals surface area contributed by atoms with Crippen LogP contribution in [0.25, 0.3) is 0 Å². The SMILES string of the molecule is CC/C=C\C/C=C\C/C=C\C/C=C\C/C=C\CCCC(=O)OCC(COC(=O)CCCCCCCCCCCCCCC/C=C\CCCCCCCCCC)OC(=O)CCCCCCCCCCC/C=C\CCCCCCCCCC. The Bertz CT molecular complexity index is 1530. The van der Waals surface area contributed by atoms with Crippen LogP contribution in [0.3, 0.4) is 0 Å². The molecule has 0 rings (SSSR count). The molecule has 6 nitrogen and oxygen atoms in total. The average Bonchev–Trinajstić information content (AvgIpc) is 3.47. The molecule has 0 spiro atoms. The molecule has 0 bridgehead atoms. The molecule has 0 radical (unpaired) electrons. The number of hydrogen-bond donors (Lipinski definition) is 0. The van der Waals surface area contributed by atoms with Gasteiger partial charge in [-0.15, -0.1) is 0 Å². The normalized spacial score (nSPS) is 12.6. The van der Waals surface area contributed by atoms with Crippen molar-refractivity contribution in [1.82, 2.24) is 0 Å². The van der Waals surface area contributed by atoms with Crippen molar-refractivity contribution in [2.75, 3.05) is 13.2 Å². The van der Waals surface area contributed by atoms with Crippen molar-refractivity contribution in [2.45, 2.75) is 361 Å². The maximum absolute atomic E-state index is 13.0. The van der Waals surface area contributed by atoms with Crippen molar-refractivity contribution in [3.63, 3.8) is 0 Å². The molecule has 1 unspecified atom stereocenters. The zero-order valence-electron chi connectivity index (χ0n) is 53.8. The molecule has 0 saturated heterocycles. The summed E-state index contributed by atoms with van der Waals surface area (Å²) in [5.41, 5.74) is 0. The summed E-state index contributed by atoms with van der Waals surface area (Å²) in [7, 11) is 0. The lowest BCUT2D eigenvalue weighted by atomic mass is 10.0. The monoisotopic (exact) mass is 1130 g/mol. The highest BCUT2D eigenvalue weighted by molar-refractivity contribution is 5.71. The predicted molar refractivity (Wildman–Crippen MR) is 353 cm³/mol. The molecule has 0 aliphatic carbocycles. The summed E-state index contributed by atoms with van der Waals surface area (Å²) in [6.07, 6.45) is 91.9. The van der Waals surface area contributed by atoms with Crippen LogP contribution in [0.1, 0.15) is 355 Å². The third-order valence-corrected chi connectivity index (χ3v) is 15.4. The Morgan fingerprint density at radius 2 is 0.494 bits per heavy atom. The minimum Gasteiger partial charge on any atom is -0.462 e. The van der Waals surface area contributed by atoms with Crippen LogP contribution in [0.5, 0.6) is 0 Å². The Morgan fingerprint density at radius 1 is 0.259 bits per heavy atom. The topological polar surface area (TPSA) is 78.9 Å². The van der Waals surface area contributed by atoms with Gasteiger partial charge in [-0.25, -0.2) is 0 Å². The van der Waals surface area contributed by atoms with E-state index in [1.165, 1.54) is 231 Å². The molecule has 0 saturated carbocycles. The molecule has 81 heavy (non-hydrogen) atoms. The Kier molecular flexibility index (Phi) is 66.2. The number of allylic oxidation sites excluding steroid dienone is 14. The van der Waals surface area contributed by atoms with Crippen molar-refractivity contribution in [3.8, 4) is 0 Å². The molecule has 6 heteroatoms. The fourth-order valence-electron chi connectivity index (χ4n) is 10.1. The first-order valence-electron chi connectivity index (χ1n) is 35.1. The van der Waals surface area contributed by atoms with E-state index in [0.29, 0.717) is 19.3 Å². The lowest BCUT2D eigenvalue weighted by Gasteiger charge is -2.18. The molecular formula is C75H132O6. The summed E-state index contributed by atoms with van der Waals surface area (Å²) in [6, 6.07) is 0. The zero-order valence-corrected chi connectivity index (χ0v) is 53.8. The van der Waals surface area contributed by atoms with Crippen molar-refractivity contribution in [2.24, 2.45) is 0 Å². The molecular weight excluding hydrogens is 997 g/mol. The Balaban J connectivity index is 4.37. The summed E-state index contributed by atoms with van der Waals surface area (Å²) < 4.78 is 16.9. The van der Waals surface area contributed by atoms with Gasteiger partial charge in [0.15, 0.2) is 6.10 Å². The second-order valence-electron chi connectivity index (χ2n) is 23.4. The van der Waals surface area contributed by atoms with Crippen molar-refractivity contribution in [3.05, 3.63) is 85.1 Å². The lowest BCUT2D eigenvalue weighted by molar-refractivity contribution is -0.167. The maximum atomic E-state index is 13.0. The highest BCUT2D eigenvalue weighted by atomic mass is 16.6. The second-order valence-corrected chi connectivity index (χ2v) is 23.4. The second kappa shape index (κ2) is 69.1. The summed E-state index contributed by atoms with van der Waals surface area (Å²) in [5.74, 6) is -0.939. The molecule has 0 heterocycles. The Labute approximate surface area is 503 Å². The van der Waals surface area contributed by atoms with E-state index >= 15 is 0 Å². The minimum absolute atomic E-state index is 0.0930. The number of unbranched alkanes of at least 4 members (excludes halogenated alkanes) is 39. The average molecular weight is 1130 g/mol. The number of carbonyl (C=O) groups excluding carboxylic acids is 3. The number of hydrogen-bond acceptors (Lipinski definition) is 6. The summed E-state index contributed by atoms with van der Waals surface area (Å²) in [5, 5.41) is 0. The van der Waals surface area contributed by atoms with E-state index in [-0.39, 0.29) is 37.5 Å². The molecule has 0 aromatic heterocycles. The smallest absolute Gasteiger partial charge is 0.306 e. The standard InChI is InChI=1S/C75H132O6/c1-4-7-10-13-16-19-22-25-28-31-33-35-36-37-38-40-41-44-47-50-53-56-59-62-65-68-74(77)80-71-72(70-79-73(76)67-64-61-58-55-52-49-46-43-30-27-24-21-18-15-12-9-6-3)81-75(78)69-66-63-60-57-54-51-48-45-42-39-34-32-29-26-23-20-17-14-11-8-5-2/h9,12,18,21,27,30-34,46,49,55,58,72H,4-8,10-11,13-17,19-20,22-26,28-29,35-45,47-48,50-54,56-57,59-71H2,1-3H3/b12-9-,21-18-,30-27-,33-31-,34-32-,49-46-,58-55-. The third kappa shape index (κ3) is 67.3. The van der Waals surface area contributed by atoms with Crippen LogP contribution in [0.2, 0.25) is 0 Å². The van der Waals surface area contributed by atoms with E-state index in [0.717, 1.165) is 77.0 Å². The van der Waals surface area contributed by atoms with Gasteiger partial charge in [0, 0.05) is 19.3 Å². The molecule has 0 N–H and O–H groups in total. The number of esters is 3. The fraction of sp³-hybridized carbons (Fsp3) is 0.773. The van der Waals surface area contributed by atoms with Crippen LogP contribution < -0.4 is 0 Å². The molecule has 468 valence electrons. The minimum atomic E-state index is -0.803. The van der Waals surface area contributed by atoms with Crippen LogP contribution in [-0.4, -0.2) is 37.2 Å². The molecule has 0 aliphatic heterocycles. The molecule has 0 amide bonds. The van der Waals surface area contributed by atoms with Gasteiger partial charge in [0.05, 0.1) is 0 Å². The van der Waals surface area contributed by atoms with Crippen molar-refractivity contribution in [1.29, 1.82) is 0 Å². The third-order valence-electron chi connectivity index (χ3n) is 15.4. The predicted octanol–water partition coefficient (Wildman–Crippen LogP) is 24.2. The highest BCUT2D eigenvalue weighted by Gasteiger charge is 2.19. The van der Waals surface area contributed by atoms with E-state index in [4.69, 9.17) is 14.2 Å². The van der Waals surface area contributed by atoms with Gasteiger partial charge in [0.25, 0.3) is 0 Å². The number of ether oxygens (including phenoxy) is 3. The summed E-state index contributed by atoms with van der Waals surface area (Å²) >= 11 is 0. The van der Waals surface area contributed by atoms with Crippen molar-refractivity contribution < 1.29 is 28.6 Å². The molecule has 0 aromatic carbocycles. The van der Waals surface area contributed by atoms with Gasteiger partial charge in [0.2, 0.25) is 0 Å². The first kappa shape index (κ1) is 77.6. The lowest BCUT2D eigenvalue weighted by Crippen LogP contribution is -2.30. The van der Waals surface area contributed by atoms with Crippen LogP contribution in [0.15, 0.2) is 85.1 Å². The maximum Gasteiger partial charge on any atom is 0.306 e. The quantitative estimate of drug-likeness (QED) is 0.0261. The van der Waals surface area contributed by atoms with Gasteiger partial charge in [-0.1, -0.05) is 311 Å². The first-order valence-corrected chi connectivity index (χ1v) is 35.1. The largest absolute Gasteiger partial charge is 0.462 e. The molecule has 0 aliphatic rings. The summed E-state index contributed by atoms with van der Waals surface area (Å²) in [6.45, 7) is 6.53. The van der Waals surface area contributed by atoms with Gasteiger partial charge < -0.3 is 14.2 Å². The van der Waals surface area contributed by atoms with E-state index in [1.807, 2.05) is 0 Å². The van der Waals surface area contributed by atoms with Gasteiger partial charge >= 0.3 is 17.9 Å². The zero-order chi connectivity index (χ0) is 58.5.